The molecule has 0 atom stereocenters. The molecule has 2 aromatic heterocycles. The van der Waals surface area contributed by atoms with Gasteiger partial charge in [0.15, 0.2) is 0 Å². The molecule has 2 N–H and O–H groups in total. The standard InChI is InChI=1S/C18H25N3O3S2/c1-4-13-11-15(12(2)20-18(13)22)16-5-6-17(25-16)26(23,24)21(3)14-7-9-19-10-8-14/h5-6,11,14,19H,4,7-10H2,1-3H3,(H,20,22). The number of sulfonamides is 1. The van der Waals surface area contributed by atoms with Gasteiger partial charge in [-0.05, 0) is 57.5 Å². The summed E-state index contributed by atoms with van der Waals surface area (Å²) in [4.78, 5) is 15.6. The van der Waals surface area contributed by atoms with Gasteiger partial charge >= 0.3 is 0 Å². The highest BCUT2D eigenvalue weighted by Gasteiger charge is 2.30. The fourth-order valence-electron chi connectivity index (χ4n) is 3.30. The predicted molar refractivity (Wildman–Crippen MR) is 105 cm³/mol. The third-order valence-corrected chi connectivity index (χ3v) is 8.50. The Bertz CT molecular complexity index is 941. The van der Waals surface area contributed by atoms with Crippen LogP contribution in [-0.4, -0.2) is 43.9 Å². The van der Waals surface area contributed by atoms with Gasteiger partial charge in [-0.2, -0.15) is 4.31 Å². The van der Waals surface area contributed by atoms with Crippen LogP contribution in [0.5, 0.6) is 0 Å². The number of rotatable bonds is 5. The fourth-order valence-corrected chi connectivity index (χ4v) is 6.28. The number of pyridine rings is 1. The molecule has 1 saturated heterocycles. The molecule has 0 spiro atoms. The lowest BCUT2D eigenvalue weighted by atomic mass is 10.1. The van der Waals surface area contributed by atoms with Crippen molar-refractivity contribution in [3.8, 4) is 10.4 Å². The van der Waals surface area contributed by atoms with Crippen molar-refractivity contribution in [2.45, 2.75) is 43.4 Å². The van der Waals surface area contributed by atoms with Gasteiger partial charge in [0.05, 0.1) is 0 Å². The van der Waals surface area contributed by atoms with E-state index in [4.69, 9.17) is 0 Å². The molecule has 3 rings (SSSR count). The molecule has 142 valence electrons. The first-order valence-electron chi connectivity index (χ1n) is 8.86. The largest absolute Gasteiger partial charge is 0.326 e. The molecule has 0 aliphatic carbocycles. The van der Waals surface area contributed by atoms with Crippen molar-refractivity contribution in [2.75, 3.05) is 20.1 Å². The highest BCUT2D eigenvalue weighted by molar-refractivity contribution is 7.91. The van der Waals surface area contributed by atoms with E-state index < -0.39 is 10.0 Å². The molecule has 0 amide bonds. The number of nitrogens with one attached hydrogen (secondary N) is 2. The zero-order valence-corrected chi connectivity index (χ0v) is 17.0. The first-order chi connectivity index (χ1) is 12.3. The van der Waals surface area contributed by atoms with Crippen LogP contribution in [0.4, 0.5) is 0 Å². The molecule has 0 saturated carbocycles. The number of aryl methyl sites for hydroxylation is 2. The van der Waals surface area contributed by atoms with Gasteiger partial charge < -0.3 is 10.3 Å². The number of hydrogen-bond acceptors (Lipinski definition) is 5. The maximum absolute atomic E-state index is 13.0. The zero-order valence-electron chi connectivity index (χ0n) is 15.3. The van der Waals surface area contributed by atoms with Crippen LogP contribution in [0.2, 0.25) is 0 Å². The molecule has 26 heavy (non-hydrogen) atoms. The van der Waals surface area contributed by atoms with E-state index >= 15 is 0 Å². The Balaban J connectivity index is 1.93. The lowest BCUT2D eigenvalue weighted by molar-refractivity contribution is 0.297. The van der Waals surface area contributed by atoms with Crippen LogP contribution in [0.3, 0.4) is 0 Å². The van der Waals surface area contributed by atoms with E-state index in [9.17, 15) is 13.2 Å². The first kappa shape index (κ1) is 19.3. The lowest BCUT2D eigenvalue weighted by Crippen LogP contribution is -2.43. The summed E-state index contributed by atoms with van der Waals surface area (Å²) in [5.74, 6) is 0. The zero-order chi connectivity index (χ0) is 18.9. The van der Waals surface area contributed by atoms with Crippen LogP contribution in [0, 0.1) is 6.92 Å². The molecule has 0 bridgehead atoms. The molecular formula is C18H25N3O3S2. The Kier molecular flexibility index (Phi) is 5.67. The summed E-state index contributed by atoms with van der Waals surface area (Å²) < 4.78 is 27.9. The van der Waals surface area contributed by atoms with E-state index in [2.05, 4.69) is 10.3 Å². The van der Waals surface area contributed by atoms with E-state index in [1.807, 2.05) is 26.0 Å². The predicted octanol–water partition coefficient (Wildman–Crippen LogP) is 2.35. The van der Waals surface area contributed by atoms with Crippen LogP contribution in [0.25, 0.3) is 10.4 Å². The molecule has 2 aromatic rings. The van der Waals surface area contributed by atoms with E-state index in [-0.39, 0.29) is 11.6 Å². The molecular weight excluding hydrogens is 370 g/mol. The quantitative estimate of drug-likeness (QED) is 0.814. The minimum Gasteiger partial charge on any atom is -0.326 e. The Labute approximate surface area is 158 Å². The van der Waals surface area contributed by atoms with Crippen molar-refractivity contribution in [1.82, 2.24) is 14.6 Å². The summed E-state index contributed by atoms with van der Waals surface area (Å²) in [6.07, 6.45) is 2.29. The van der Waals surface area contributed by atoms with E-state index in [1.165, 1.54) is 15.6 Å². The molecule has 3 heterocycles. The molecule has 1 aliphatic heterocycles. The second-order valence-electron chi connectivity index (χ2n) is 6.64. The van der Waals surface area contributed by atoms with Crippen molar-refractivity contribution in [1.29, 1.82) is 0 Å². The van der Waals surface area contributed by atoms with Crippen molar-refractivity contribution in [3.05, 3.63) is 39.8 Å². The normalized spacial score (nSPS) is 16.3. The SMILES string of the molecule is CCc1cc(-c2ccc(S(=O)(=O)N(C)C3CCNCC3)s2)c(C)[nH]c1=O. The van der Waals surface area contributed by atoms with Gasteiger partial charge in [-0.3, -0.25) is 4.79 Å². The van der Waals surface area contributed by atoms with Gasteiger partial charge in [-0.1, -0.05) is 6.92 Å². The number of H-pyrrole nitrogens is 1. The second-order valence-corrected chi connectivity index (χ2v) is 9.95. The molecule has 8 heteroatoms. The number of piperidine rings is 1. The van der Waals surface area contributed by atoms with Crippen molar-refractivity contribution >= 4 is 21.4 Å². The summed E-state index contributed by atoms with van der Waals surface area (Å²) in [5.41, 5.74) is 2.26. The molecule has 6 nitrogen and oxygen atoms in total. The molecule has 0 unspecified atom stereocenters. The molecule has 0 radical (unpaired) electrons. The lowest BCUT2D eigenvalue weighted by Gasteiger charge is -2.30. The number of hydrogen-bond donors (Lipinski definition) is 2. The van der Waals surface area contributed by atoms with Crippen LogP contribution in [-0.2, 0) is 16.4 Å². The summed E-state index contributed by atoms with van der Waals surface area (Å²) in [7, 11) is -1.84. The van der Waals surface area contributed by atoms with Crippen LogP contribution in [0.1, 0.15) is 31.0 Å². The Morgan fingerprint density at radius 1 is 1.27 bits per heavy atom. The third kappa shape index (κ3) is 3.64. The highest BCUT2D eigenvalue weighted by Crippen LogP contribution is 2.34. The Morgan fingerprint density at radius 2 is 1.96 bits per heavy atom. The second kappa shape index (κ2) is 7.64. The number of thiophene rings is 1. The van der Waals surface area contributed by atoms with E-state index in [0.717, 1.165) is 42.1 Å². The minimum atomic E-state index is -3.51. The summed E-state index contributed by atoms with van der Waals surface area (Å²) in [6, 6.07) is 5.40. The van der Waals surface area contributed by atoms with Crippen LogP contribution >= 0.6 is 11.3 Å². The van der Waals surface area contributed by atoms with Gasteiger partial charge in [0.2, 0.25) is 0 Å². The Morgan fingerprint density at radius 3 is 2.62 bits per heavy atom. The van der Waals surface area contributed by atoms with Crippen LogP contribution < -0.4 is 10.9 Å². The number of nitrogens with zero attached hydrogens (tertiary/aromatic N) is 1. The maximum Gasteiger partial charge on any atom is 0.252 e. The minimum absolute atomic E-state index is 0.0355. The smallest absolute Gasteiger partial charge is 0.252 e. The first-order valence-corrected chi connectivity index (χ1v) is 11.1. The fraction of sp³-hybridized carbons (Fsp3) is 0.500. The van der Waals surface area contributed by atoms with E-state index in [1.54, 1.807) is 13.1 Å². The summed E-state index contributed by atoms with van der Waals surface area (Å²) in [5, 5.41) is 3.26. The number of aromatic amines is 1. The van der Waals surface area contributed by atoms with Crippen molar-refractivity contribution in [3.63, 3.8) is 0 Å². The molecule has 1 aliphatic rings. The van der Waals surface area contributed by atoms with Crippen LogP contribution in [0.15, 0.2) is 27.2 Å². The average molecular weight is 396 g/mol. The van der Waals surface area contributed by atoms with Gasteiger partial charge in [0, 0.05) is 34.8 Å². The average Bonchev–Trinajstić information content (AvgIpc) is 3.12. The van der Waals surface area contributed by atoms with E-state index in [0.29, 0.717) is 16.2 Å². The molecule has 1 fully saturated rings. The maximum atomic E-state index is 13.0. The summed E-state index contributed by atoms with van der Waals surface area (Å²) >= 11 is 1.26. The van der Waals surface area contributed by atoms with Gasteiger partial charge in [-0.15, -0.1) is 11.3 Å². The monoisotopic (exact) mass is 395 g/mol. The molecule has 0 aromatic carbocycles. The summed E-state index contributed by atoms with van der Waals surface area (Å²) in [6.45, 7) is 5.46. The highest BCUT2D eigenvalue weighted by atomic mass is 32.2. The van der Waals surface area contributed by atoms with Gasteiger partial charge in [-0.25, -0.2) is 8.42 Å². The third-order valence-electron chi connectivity index (χ3n) is 5.00. The topological polar surface area (TPSA) is 82.3 Å². The Hall–Kier alpha value is -1.48. The van der Waals surface area contributed by atoms with Gasteiger partial charge in [0.25, 0.3) is 15.6 Å². The number of aromatic nitrogens is 1. The van der Waals surface area contributed by atoms with Gasteiger partial charge in [0.1, 0.15) is 4.21 Å². The van der Waals surface area contributed by atoms with Crippen molar-refractivity contribution < 1.29 is 8.42 Å². The van der Waals surface area contributed by atoms with Crippen molar-refractivity contribution in [2.24, 2.45) is 0 Å².